The summed E-state index contributed by atoms with van der Waals surface area (Å²) in [4.78, 5) is 24.2. The second-order valence-corrected chi connectivity index (χ2v) is 8.06. The molecule has 2 amide bonds. The normalized spacial score (nSPS) is 10.8. The smallest absolute Gasteiger partial charge is 0.269 e. The number of aryl methyl sites for hydroxylation is 1. The summed E-state index contributed by atoms with van der Waals surface area (Å²) >= 11 is 0. The quantitative estimate of drug-likeness (QED) is 0.677. The molecule has 0 atom stereocenters. The number of benzene rings is 2. The van der Waals surface area contributed by atoms with E-state index in [1.807, 2.05) is 6.92 Å². The average molecular weight is 406 g/mol. The van der Waals surface area contributed by atoms with Crippen LogP contribution in [0.2, 0.25) is 0 Å². The first-order valence-electron chi connectivity index (χ1n) is 8.37. The van der Waals surface area contributed by atoms with Gasteiger partial charge in [0.15, 0.2) is 21.3 Å². The van der Waals surface area contributed by atoms with Crippen molar-refractivity contribution in [1.82, 2.24) is 10.9 Å². The zero-order valence-corrected chi connectivity index (χ0v) is 16.6. The van der Waals surface area contributed by atoms with Crippen LogP contribution < -0.4 is 20.3 Å². The van der Waals surface area contributed by atoms with E-state index in [-0.39, 0.29) is 22.6 Å². The predicted octanol–water partition coefficient (Wildman–Crippen LogP) is 1.64. The van der Waals surface area contributed by atoms with E-state index in [0.717, 1.165) is 5.56 Å². The SMILES string of the molecule is COc1ccc(C(=O)NNC(=O)CCS(=O)(=O)c2ccc(C)cc2)cc1OC. The molecule has 0 aliphatic heterocycles. The van der Waals surface area contributed by atoms with Gasteiger partial charge in [0, 0.05) is 12.0 Å². The van der Waals surface area contributed by atoms with Crippen molar-refractivity contribution in [2.75, 3.05) is 20.0 Å². The van der Waals surface area contributed by atoms with E-state index in [4.69, 9.17) is 9.47 Å². The summed E-state index contributed by atoms with van der Waals surface area (Å²) in [6.45, 7) is 1.85. The minimum absolute atomic E-state index is 0.153. The molecule has 0 radical (unpaired) electrons. The van der Waals surface area contributed by atoms with Gasteiger partial charge in [0.1, 0.15) is 0 Å². The number of sulfone groups is 1. The lowest BCUT2D eigenvalue weighted by Crippen LogP contribution is -2.42. The van der Waals surface area contributed by atoms with Crippen LogP contribution in [0.1, 0.15) is 22.3 Å². The highest BCUT2D eigenvalue weighted by Gasteiger charge is 2.17. The largest absolute Gasteiger partial charge is 0.493 e. The Morgan fingerprint density at radius 2 is 1.57 bits per heavy atom. The molecule has 2 rings (SSSR count). The van der Waals surface area contributed by atoms with Crippen molar-refractivity contribution < 1.29 is 27.5 Å². The molecule has 0 aliphatic carbocycles. The third-order valence-electron chi connectivity index (χ3n) is 3.94. The second-order valence-electron chi connectivity index (χ2n) is 5.95. The number of carbonyl (C=O) groups is 2. The maximum atomic E-state index is 12.2. The first-order valence-corrected chi connectivity index (χ1v) is 10.0. The van der Waals surface area contributed by atoms with Crippen LogP contribution in [0.25, 0.3) is 0 Å². The maximum absolute atomic E-state index is 12.2. The minimum atomic E-state index is -3.58. The average Bonchev–Trinajstić information content (AvgIpc) is 2.70. The third-order valence-corrected chi connectivity index (χ3v) is 5.67. The molecule has 0 spiro atoms. The van der Waals surface area contributed by atoms with Crippen molar-refractivity contribution in [3.05, 3.63) is 53.6 Å². The molecule has 9 heteroatoms. The fraction of sp³-hybridized carbons (Fsp3) is 0.263. The molecule has 0 aromatic heterocycles. The Bertz CT molecular complexity index is 955. The molecule has 8 nitrogen and oxygen atoms in total. The van der Waals surface area contributed by atoms with Crippen LogP contribution in [-0.4, -0.2) is 40.2 Å². The van der Waals surface area contributed by atoms with Gasteiger partial charge in [0.2, 0.25) is 5.91 Å². The van der Waals surface area contributed by atoms with E-state index in [1.165, 1.54) is 38.5 Å². The molecule has 150 valence electrons. The van der Waals surface area contributed by atoms with Crippen LogP contribution in [-0.2, 0) is 14.6 Å². The zero-order valence-electron chi connectivity index (χ0n) is 15.8. The summed E-state index contributed by atoms with van der Waals surface area (Å²) in [6, 6.07) is 10.9. The summed E-state index contributed by atoms with van der Waals surface area (Å²) in [5.41, 5.74) is 5.63. The van der Waals surface area contributed by atoms with Gasteiger partial charge < -0.3 is 9.47 Å². The molecular formula is C19H22N2O6S. The fourth-order valence-corrected chi connectivity index (χ4v) is 3.57. The van der Waals surface area contributed by atoms with Gasteiger partial charge in [-0.05, 0) is 37.3 Å². The summed E-state index contributed by atoms with van der Waals surface area (Å²) in [7, 11) is -0.669. The molecule has 2 N–H and O–H groups in total. The summed E-state index contributed by atoms with van der Waals surface area (Å²) in [6.07, 6.45) is -0.289. The fourth-order valence-electron chi connectivity index (χ4n) is 2.33. The number of amides is 2. The van der Waals surface area contributed by atoms with Crippen LogP contribution in [0, 0.1) is 6.92 Å². The number of hydrogen-bond donors (Lipinski definition) is 2. The maximum Gasteiger partial charge on any atom is 0.269 e. The first kappa shape index (κ1) is 21.2. The standard InChI is InChI=1S/C19H22N2O6S/c1-13-4-7-15(8-5-13)28(24,25)11-10-18(22)20-21-19(23)14-6-9-16(26-2)17(12-14)27-3/h4-9,12H,10-11H2,1-3H3,(H,20,22)(H,21,23). The number of carbonyl (C=O) groups excluding carboxylic acids is 2. The monoisotopic (exact) mass is 406 g/mol. The van der Waals surface area contributed by atoms with Crippen LogP contribution in [0.5, 0.6) is 11.5 Å². The van der Waals surface area contributed by atoms with Gasteiger partial charge in [-0.1, -0.05) is 17.7 Å². The van der Waals surface area contributed by atoms with Crippen molar-refractivity contribution >= 4 is 21.7 Å². The van der Waals surface area contributed by atoms with Crippen molar-refractivity contribution in [2.45, 2.75) is 18.2 Å². The van der Waals surface area contributed by atoms with Crippen molar-refractivity contribution in [2.24, 2.45) is 0 Å². The van der Waals surface area contributed by atoms with Gasteiger partial charge in [-0.2, -0.15) is 0 Å². The first-order chi connectivity index (χ1) is 13.3. The van der Waals surface area contributed by atoms with E-state index in [1.54, 1.807) is 18.2 Å². The lowest BCUT2D eigenvalue weighted by Gasteiger charge is -2.11. The molecule has 0 saturated carbocycles. The summed E-state index contributed by atoms with van der Waals surface area (Å²) in [5.74, 6) is -0.732. The molecule has 0 heterocycles. The van der Waals surface area contributed by atoms with Crippen molar-refractivity contribution in [1.29, 1.82) is 0 Å². The van der Waals surface area contributed by atoms with Gasteiger partial charge in [-0.3, -0.25) is 20.4 Å². The Hall–Kier alpha value is -3.07. The number of nitrogens with one attached hydrogen (secondary N) is 2. The number of methoxy groups -OCH3 is 2. The van der Waals surface area contributed by atoms with Crippen LogP contribution in [0.3, 0.4) is 0 Å². The Balaban J connectivity index is 1.90. The van der Waals surface area contributed by atoms with Crippen LogP contribution in [0.4, 0.5) is 0 Å². The van der Waals surface area contributed by atoms with E-state index < -0.39 is 21.7 Å². The molecule has 2 aromatic carbocycles. The Labute approximate surface area is 163 Å². The zero-order chi connectivity index (χ0) is 20.7. The number of ether oxygens (including phenoxy) is 2. The molecule has 0 unspecified atom stereocenters. The summed E-state index contributed by atoms with van der Waals surface area (Å²) < 4.78 is 34.7. The van der Waals surface area contributed by atoms with Crippen LogP contribution >= 0.6 is 0 Å². The van der Waals surface area contributed by atoms with Gasteiger partial charge in [0.25, 0.3) is 5.91 Å². The Morgan fingerprint density at radius 3 is 2.18 bits per heavy atom. The van der Waals surface area contributed by atoms with Gasteiger partial charge in [-0.15, -0.1) is 0 Å². The summed E-state index contributed by atoms with van der Waals surface area (Å²) in [5, 5.41) is 0. The second kappa shape index (κ2) is 9.23. The van der Waals surface area contributed by atoms with Crippen LogP contribution in [0.15, 0.2) is 47.4 Å². The van der Waals surface area contributed by atoms with E-state index >= 15 is 0 Å². The highest BCUT2D eigenvalue weighted by Crippen LogP contribution is 2.27. The Morgan fingerprint density at radius 1 is 0.929 bits per heavy atom. The molecular weight excluding hydrogens is 384 g/mol. The van der Waals surface area contributed by atoms with E-state index in [9.17, 15) is 18.0 Å². The number of hydrazine groups is 1. The van der Waals surface area contributed by atoms with Gasteiger partial charge >= 0.3 is 0 Å². The number of rotatable bonds is 7. The molecule has 0 aliphatic rings. The van der Waals surface area contributed by atoms with E-state index in [2.05, 4.69) is 10.9 Å². The minimum Gasteiger partial charge on any atom is -0.493 e. The van der Waals surface area contributed by atoms with Crippen molar-refractivity contribution in [3.63, 3.8) is 0 Å². The predicted molar refractivity (Wildman–Crippen MR) is 103 cm³/mol. The number of hydrogen-bond acceptors (Lipinski definition) is 6. The molecule has 0 saturated heterocycles. The van der Waals surface area contributed by atoms with Gasteiger partial charge in [-0.25, -0.2) is 8.42 Å². The molecule has 28 heavy (non-hydrogen) atoms. The molecule has 0 bridgehead atoms. The molecule has 2 aromatic rings. The lowest BCUT2D eigenvalue weighted by atomic mass is 10.2. The Kier molecular flexibility index (Phi) is 7.00. The highest BCUT2D eigenvalue weighted by atomic mass is 32.2. The van der Waals surface area contributed by atoms with E-state index in [0.29, 0.717) is 11.5 Å². The topological polar surface area (TPSA) is 111 Å². The molecule has 0 fully saturated rings. The van der Waals surface area contributed by atoms with Gasteiger partial charge in [0.05, 0.1) is 24.9 Å². The lowest BCUT2D eigenvalue weighted by molar-refractivity contribution is -0.121. The van der Waals surface area contributed by atoms with Crippen molar-refractivity contribution in [3.8, 4) is 11.5 Å². The third kappa shape index (κ3) is 5.46. The highest BCUT2D eigenvalue weighted by molar-refractivity contribution is 7.91.